The second-order valence-electron chi connectivity index (χ2n) is 6.29. The summed E-state index contributed by atoms with van der Waals surface area (Å²) >= 11 is 0. The Morgan fingerprint density at radius 2 is 1.61 bits per heavy atom. The summed E-state index contributed by atoms with van der Waals surface area (Å²) in [6.45, 7) is 6.31. The zero-order valence-electron chi connectivity index (χ0n) is 11.7. The third-order valence-electron chi connectivity index (χ3n) is 4.58. The Labute approximate surface area is 111 Å². The zero-order chi connectivity index (χ0) is 13.2. The maximum Gasteiger partial charge on any atom is 0.0686 e. The van der Waals surface area contributed by atoms with Crippen molar-refractivity contribution < 1.29 is 0 Å². The molecule has 1 aromatic rings. The van der Waals surface area contributed by atoms with Crippen molar-refractivity contribution in [2.24, 2.45) is 11.3 Å². The molecule has 0 spiro atoms. The van der Waals surface area contributed by atoms with Crippen LogP contribution in [-0.2, 0) is 0 Å². The van der Waals surface area contributed by atoms with Gasteiger partial charge in [-0.3, -0.25) is 0 Å². The lowest BCUT2D eigenvalue weighted by molar-refractivity contribution is 0.204. The fraction of sp³-hybridized carbons (Fsp3) is 0.588. The molecule has 0 amide bonds. The van der Waals surface area contributed by atoms with Gasteiger partial charge in [-0.2, -0.15) is 5.26 Å². The fourth-order valence-corrected chi connectivity index (χ4v) is 3.08. The minimum absolute atomic E-state index is 0.155. The fourth-order valence-electron chi connectivity index (χ4n) is 3.08. The van der Waals surface area contributed by atoms with Gasteiger partial charge in [-0.25, -0.2) is 0 Å². The van der Waals surface area contributed by atoms with Crippen LogP contribution in [0.1, 0.15) is 56.6 Å². The van der Waals surface area contributed by atoms with Crippen LogP contribution < -0.4 is 0 Å². The predicted molar refractivity (Wildman–Crippen MR) is 75.3 cm³/mol. The Hall–Kier alpha value is -1.29. The highest BCUT2D eigenvalue weighted by atomic mass is 14.4. The van der Waals surface area contributed by atoms with Gasteiger partial charge in [0.2, 0.25) is 0 Å². The molecule has 18 heavy (non-hydrogen) atoms. The Kier molecular flexibility index (Phi) is 3.76. The molecule has 0 saturated heterocycles. The van der Waals surface area contributed by atoms with Crippen LogP contribution in [0.2, 0.25) is 0 Å². The largest absolute Gasteiger partial charge is 0.198 e. The molecular weight excluding hydrogens is 218 g/mol. The van der Waals surface area contributed by atoms with Crippen molar-refractivity contribution in [3.05, 3.63) is 35.4 Å². The Morgan fingerprint density at radius 1 is 1.06 bits per heavy atom. The molecule has 0 unspecified atom stereocenters. The molecule has 1 aromatic carbocycles. The molecule has 1 fully saturated rings. The van der Waals surface area contributed by atoms with E-state index < -0.39 is 0 Å². The van der Waals surface area contributed by atoms with Gasteiger partial charge in [0.15, 0.2) is 0 Å². The Bertz CT molecular complexity index is 428. The molecule has 1 aliphatic carbocycles. The van der Waals surface area contributed by atoms with Gasteiger partial charge in [0, 0.05) is 0 Å². The van der Waals surface area contributed by atoms with Crippen LogP contribution >= 0.6 is 0 Å². The first-order valence-corrected chi connectivity index (χ1v) is 7.01. The molecule has 1 aliphatic rings. The summed E-state index contributed by atoms with van der Waals surface area (Å²) in [5.74, 6) is 1.28. The van der Waals surface area contributed by atoms with E-state index >= 15 is 0 Å². The SMILES string of the molecule is Cc1ccc(C2CCC(C(C)(C)C#N)CC2)cc1. The van der Waals surface area contributed by atoms with Crippen LogP contribution in [0, 0.1) is 29.6 Å². The molecule has 0 heterocycles. The van der Waals surface area contributed by atoms with Gasteiger partial charge in [0.05, 0.1) is 11.5 Å². The summed E-state index contributed by atoms with van der Waals surface area (Å²) in [7, 11) is 0. The molecule has 0 radical (unpaired) electrons. The topological polar surface area (TPSA) is 23.8 Å². The normalized spacial score (nSPS) is 24.6. The van der Waals surface area contributed by atoms with Gasteiger partial charge in [-0.15, -0.1) is 0 Å². The third kappa shape index (κ3) is 2.75. The second-order valence-corrected chi connectivity index (χ2v) is 6.29. The van der Waals surface area contributed by atoms with E-state index in [1.165, 1.54) is 36.8 Å². The third-order valence-corrected chi connectivity index (χ3v) is 4.58. The van der Waals surface area contributed by atoms with Crippen molar-refractivity contribution in [2.75, 3.05) is 0 Å². The van der Waals surface area contributed by atoms with E-state index in [1.54, 1.807) is 0 Å². The molecule has 96 valence electrons. The Morgan fingerprint density at radius 3 is 2.11 bits per heavy atom. The maximum absolute atomic E-state index is 9.21. The highest BCUT2D eigenvalue weighted by molar-refractivity contribution is 5.25. The zero-order valence-corrected chi connectivity index (χ0v) is 11.7. The number of aryl methyl sites for hydroxylation is 1. The van der Waals surface area contributed by atoms with Crippen LogP contribution in [0.3, 0.4) is 0 Å². The van der Waals surface area contributed by atoms with Gasteiger partial charge in [-0.1, -0.05) is 29.8 Å². The van der Waals surface area contributed by atoms with E-state index in [-0.39, 0.29) is 5.41 Å². The molecule has 0 N–H and O–H groups in total. The van der Waals surface area contributed by atoms with Crippen molar-refractivity contribution in [1.29, 1.82) is 5.26 Å². The van der Waals surface area contributed by atoms with E-state index in [0.29, 0.717) is 11.8 Å². The van der Waals surface area contributed by atoms with E-state index in [2.05, 4.69) is 51.1 Å². The predicted octanol–water partition coefficient (Wildman–Crippen LogP) is 4.82. The van der Waals surface area contributed by atoms with Crippen molar-refractivity contribution in [3.8, 4) is 6.07 Å². The standard InChI is InChI=1S/C17H23N/c1-13-4-6-14(7-5-13)15-8-10-16(11-9-15)17(2,3)12-18/h4-7,15-16H,8-11H2,1-3H3. The summed E-state index contributed by atoms with van der Waals surface area (Å²) in [4.78, 5) is 0. The highest BCUT2D eigenvalue weighted by Gasteiger charge is 2.33. The summed E-state index contributed by atoms with van der Waals surface area (Å²) in [6, 6.07) is 11.4. The minimum Gasteiger partial charge on any atom is -0.198 e. The number of nitriles is 1. The quantitative estimate of drug-likeness (QED) is 0.728. The van der Waals surface area contributed by atoms with E-state index in [0.717, 1.165) is 0 Å². The smallest absolute Gasteiger partial charge is 0.0686 e. The van der Waals surface area contributed by atoms with Gasteiger partial charge < -0.3 is 0 Å². The average Bonchev–Trinajstić information content (AvgIpc) is 2.40. The summed E-state index contributed by atoms with van der Waals surface area (Å²) in [5, 5.41) is 9.21. The van der Waals surface area contributed by atoms with Crippen molar-refractivity contribution in [2.45, 2.75) is 52.4 Å². The number of hydrogen-bond donors (Lipinski definition) is 0. The van der Waals surface area contributed by atoms with E-state index in [4.69, 9.17) is 0 Å². The number of benzene rings is 1. The average molecular weight is 241 g/mol. The van der Waals surface area contributed by atoms with Crippen LogP contribution in [0.5, 0.6) is 0 Å². The van der Waals surface area contributed by atoms with E-state index in [9.17, 15) is 5.26 Å². The van der Waals surface area contributed by atoms with Crippen LogP contribution in [0.4, 0.5) is 0 Å². The van der Waals surface area contributed by atoms with E-state index in [1.807, 2.05) is 0 Å². The van der Waals surface area contributed by atoms with Crippen LogP contribution in [0.15, 0.2) is 24.3 Å². The molecule has 1 nitrogen and oxygen atoms in total. The van der Waals surface area contributed by atoms with Crippen LogP contribution in [-0.4, -0.2) is 0 Å². The Balaban J connectivity index is 1.99. The molecular formula is C17H23N. The molecule has 0 aromatic heterocycles. The minimum atomic E-state index is -0.155. The monoisotopic (exact) mass is 241 g/mol. The molecule has 0 aliphatic heterocycles. The van der Waals surface area contributed by atoms with Gasteiger partial charge in [-0.05, 0) is 63.9 Å². The van der Waals surface area contributed by atoms with Gasteiger partial charge in [0.1, 0.15) is 0 Å². The molecule has 1 heteroatoms. The molecule has 1 saturated carbocycles. The molecule has 0 atom stereocenters. The van der Waals surface area contributed by atoms with Gasteiger partial charge in [0.25, 0.3) is 0 Å². The summed E-state index contributed by atoms with van der Waals surface area (Å²) in [6.07, 6.45) is 4.86. The lowest BCUT2D eigenvalue weighted by Crippen LogP contribution is -2.26. The van der Waals surface area contributed by atoms with Crippen molar-refractivity contribution >= 4 is 0 Å². The van der Waals surface area contributed by atoms with Crippen molar-refractivity contribution in [3.63, 3.8) is 0 Å². The van der Waals surface area contributed by atoms with Crippen LogP contribution in [0.25, 0.3) is 0 Å². The highest BCUT2D eigenvalue weighted by Crippen LogP contribution is 2.43. The lowest BCUT2D eigenvalue weighted by atomic mass is 9.68. The first-order valence-electron chi connectivity index (χ1n) is 7.01. The number of nitrogens with zero attached hydrogens (tertiary/aromatic N) is 1. The van der Waals surface area contributed by atoms with Crippen molar-refractivity contribution in [1.82, 2.24) is 0 Å². The second kappa shape index (κ2) is 5.14. The maximum atomic E-state index is 9.21. The van der Waals surface area contributed by atoms with Gasteiger partial charge >= 0.3 is 0 Å². The lowest BCUT2D eigenvalue weighted by Gasteiger charge is -2.35. The molecule has 0 bridgehead atoms. The number of hydrogen-bond acceptors (Lipinski definition) is 1. The molecule has 2 rings (SSSR count). The summed E-state index contributed by atoms with van der Waals surface area (Å²) < 4.78 is 0. The number of rotatable bonds is 2. The summed E-state index contributed by atoms with van der Waals surface area (Å²) in [5.41, 5.74) is 2.66. The first-order chi connectivity index (χ1) is 8.53. The first kappa shape index (κ1) is 13.1.